The molecule has 0 amide bonds. The second-order valence-electron chi connectivity index (χ2n) is 6.59. The Kier molecular flexibility index (Phi) is 6.85. The van der Waals surface area contributed by atoms with Crippen molar-refractivity contribution in [2.24, 2.45) is 0 Å². The van der Waals surface area contributed by atoms with Crippen LogP contribution in [0.25, 0.3) is 22.6 Å². The van der Waals surface area contributed by atoms with Crippen molar-refractivity contribution < 1.29 is 13.9 Å². The molecule has 4 rings (SSSR count). The van der Waals surface area contributed by atoms with Gasteiger partial charge in [0, 0.05) is 17.5 Å². The number of nitrogens with zero attached hydrogens (tertiary/aromatic N) is 1. The van der Waals surface area contributed by atoms with E-state index in [1.54, 1.807) is 0 Å². The Balaban J connectivity index is 0.00000225. The van der Waals surface area contributed by atoms with Gasteiger partial charge in [-0.2, -0.15) is 0 Å². The van der Waals surface area contributed by atoms with Crippen LogP contribution in [0.5, 0.6) is 0 Å². The highest BCUT2D eigenvalue weighted by molar-refractivity contribution is 5.85. The Morgan fingerprint density at radius 2 is 1.75 bits per heavy atom. The Bertz CT molecular complexity index is 834. The molecule has 2 heterocycles. The van der Waals surface area contributed by atoms with Gasteiger partial charge in [0.25, 0.3) is 0 Å². The zero-order chi connectivity index (χ0) is 18.5. The molecule has 1 unspecified atom stereocenters. The normalized spacial score (nSPS) is 15.8. The van der Waals surface area contributed by atoms with E-state index in [9.17, 15) is 4.79 Å². The van der Waals surface area contributed by atoms with E-state index in [1.165, 1.54) is 0 Å². The average molecular weight is 399 g/mol. The van der Waals surface area contributed by atoms with E-state index in [-0.39, 0.29) is 31.0 Å². The molecular formula is C22H23ClN2O3. The van der Waals surface area contributed by atoms with Crippen molar-refractivity contribution in [2.45, 2.75) is 31.9 Å². The molecule has 1 aromatic heterocycles. The lowest BCUT2D eigenvalue weighted by Gasteiger charge is -2.10. The summed E-state index contributed by atoms with van der Waals surface area (Å²) in [5.74, 6) is 1.04. The van der Waals surface area contributed by atoms with Gasteiger partial charge in [0.15, 0.2) is 17.9 Å². The summed E-state index contributed by atoms with van der Waals surface area (Å²) in [7, 11) is 0. The zero-order valence-corrected chi connectivity index (χ0v) is 16.3. The minimum atomic E-state index is -0.227. The minimum Gasteiger partial charge on any atom is -0.447 e. The first-order valence-corrected chi connectivity index (χ1v) is 9.33. The molecule has 0 spiro atoms. The molecule has 3 aromatic rings. The molecule has 1 atom stereocenters. The van der Waals surface area contributed by atoms with Crippen LogP contribution >= 0.6 is 12.4 Å². The Labute approximate surface area is 170 Å². The Morgan fingerprint density at radius 1 is 1.07 bits per heavy atom. The first-order chi connectivity index (χ1) is 13.3. The second kappa shape index (κ2) is 9.53. The maximum Gasteiger partial charge on any atom is 0.307 e. The molecule has 0 aliphatic carbocycles. The molecule has 5 nitrogen and oxygen atoms in total. The molecule has 1 aliphatic rings. The highest BCUT2D eigenvalue weighted by Gasteiger charge is 2.20. The van der Waals surface area contributed by atoms with Crippen LogP contribution in [0.4, 0.5) is 0 Å². The van der Waals surface area contributed by atoms with E-state index >= 15 is 0 Å². The van der Waals surface area contributed by atoms with Crippen molar-refractivity contribution in [3.63, 3.8) is 0 Å². The molecule has 1 fully saturated rings. The fourth-order valence-corrected chi connectivity index (χ4v) is 3.23. The van der Waals surface area contributed by atoms with Crippen molar-refractivity contribution in [1.29, 1.82) is 0 Å². The van der Waals surface area contributed by atoms with Gasteiger partial charge >= 0.3 is 5.97 Å². The van der Waals surface area contributed by atoms with Crippen LogP contribution in [0.15, 0.2) is 65.1 Å². The monoisotopic (exact) mass is 398 g/mol. The van der Waals surface area contributed by atoms with Crippen LogP contribution in [-0.4, -0.2) is 23.7 Å². The molecule has 1 aliphatic heterocycles. The number of benzene rings is 2. The van der Waals surface area contributed by atoms with Gasteiger partial charge in [-0.25, -0.2) is 4.98 Å². The fourth-order valence-electron chi connectivity index (χ4n) is 3.23. The number of aryl methyl sites for hydroxylation is 1. The lowest BCUT2D eigenvalue weighted by molar-refractivity contribution is -0.149. The summed E-state index contributed by atoms with van der Waals surface area (Å²) in [5, 5.41) is 3.16. The van der Waals surface area contributed by atoms with Gasteiger partial charge in [0.1, 0.15) is 5.69 Å². The Morgan fingerprint density at radius 3 is 2.39 bits per heavy atom. The number of hydrogen-bond donors (Lipinski definition) is 1. The summed E-state index contributed by atoms with van der Waals surface area (Å²) >= 11 is 0. The average Bonchev–Trinajstić information content (AvgIpc) is 3.38. The number of nitrogens with one attached hydrogen (secondary N) is 1. The third-order valence-electron chi connectivity index (χ3n) is 4.59. The largest absolute Gasteiger partial charge is 0.447 e. The van der Waals surface area contributed by atoms with E-state index < -0.39 is 0 Å². The maximum atomic E-state index is 12.1. The van der Waals surface area contributed by atoms with E-state index in [4.69, 9.17) is 9.15 Å². The third kappa shape index (κ3) is 4.80. The summed E-state index contributed by atoms with van der Waals surface area (Å²) in [5.41, 5.74) is 2.75. The zero-order valence-electron chi connectivity index (χ0n) is 15.5. The molecule has 6 heteroatoms. The Hall–Kier alpha value is -2.63. The van der Waals surface area contributed by atoms with E-state index in [0.717, 1.165) is 42.0 Å². The number of carbonyl (C=O) groups is 1. The third-order valence-corrected chi connectivity index (χ3v) is 4.59. The number of oxazole rings is 1. The predicted molar refractivity (Wildman–Crippen MR) is 110 cm³/mol. The summed E-state index contributed by atoms with van der Waals surface area (Å²) in [6, 6.07) is 19.8. The van der Waals surface area contributed by atoms with Crippen LogP contribution < -0.4 is 5.32 Å². The van der Waals surface area contributed by atoms with Crippen molar-refractivity contribution in [1.82, 2.24) is 10.3 Å². The second-order valence-corrected chi connectivity index (χ2v) is 6.59. The van der Waals surface area contributed by atoms with Gasteiger partial charge in [-0.05, 0) is 19.4 Å². The molecule has 146 valence electrons. The van der Waals surface area contributed by atoms with Gasteiger partial charge < -0.3 is 9.15 Å². The highest BCUT2D eigenvalue weighted by Crippen LogP contribution is 2.32. The topological polar surface area (TPSA) is 64.4 Å². The molecule has 28 heavy (non-hydrogen) atoms. The van der Waals surface area contributed by atoms with Gasteiger partial charge in [0.05, 0.1) is 6.42 Å². The number of halogens is 1. The summed E-state index contributed by atoms with van der Waals surface area (Å²) in [6.07, 6.45) is 2.43. The summed E-state index contributed by atoms with van der Waals surface area (Å²) in [4.78, 5) is 16.7. The smallest absolute Gasteiger partial charge is 0.307 e. The molecule has 2 aromatic carbocycles. The lowest BCUT2D eigenvalue weighted by Crippen LogP contribution is -2.27. The standard InChI is InChI=1S/C22H22N2O3.ClH/c25-20(26-18-12-7-15-23-18)14-13-19-24-21(16-8-3-1-4-9-16)22(27-19)17-10-5-2-6-11-17;/h1-6,8-11,18,23H,7,12-15H2;1H. The van der Waals surface area contributed by atoms with Crippen LogP contribution in [-0.2, 0) is 16.0 Å². The SMILES string of the molecule is Cl.O=C(CCc1nc(-c2ccccc2)c(-c2ccccc2)o1)OC1CCCN1. The van der Waals surface area contributed by atoms with Crippen LogP contribution in [0, 0.1) is 0 Å². The molecule has 1 saturated heterocycles. The molecule has 0 radical (unpaired) electrons. The number of aromatic nitrogens is 1. The molecular weight excluding hydrogens is 376 g/mol. The van der Waals surface area contributed by atoms with Crippen LogP contribution in [0.3, 0.4) is 0 Å². The quantitative estimate of drug-likeness (QED) is 0.614. The first-order valence-electron chi connectivity index (χ1n) is 9.33. The van der Waals surface area contributed by atoms with E-state index in [2.05, 4.69) is 10.3 Å². The van der Waals surface area contributed by atoms with Gasteiger partial charge in [-0.3, -0.25) is 10.1 Å². The fraction of sp³-hybridized carbons (Fsp3) is 0.273. The molecule has 1 N–H and O–H groups in total. The predicted octanol–water partition coefficient (Wildman–Crippen LogP) is 4.62. The number of esters is 1. The maximum absolute atomic E-state index is 12.1. The summed E-state index contributed by atoms with van der Waals surface area (Å²) < 4.78 is 11.5. The summed E-state index contributed by atoms with van der Waals surface area (Å²) in [6.45, 7) is 0.901. The minimum absolute atomic E-state index is 0. The number of hydrogen-bond acceptors (Lipinski definition) is 5. The van der Waals surface area contributed by atoms with Gasteiger partial charge in [-0.15, -0.1) is 12.4 Å². The lowest BCUT2D eigenvalue weighted by atomic mass is 10.1. The molecule has 0 bridgehead atoms. The van der Waals surface area contributed by atoms with Crippen molar-refractivity contribution in [3.8, 4) is 22.6 Å². The van der Waals surface area contributed by atoms with E-state index in [1.807, 2.05) is 60.7 Å². The van der Waals surface area contributed by atoms with Crippen molar-refractivity contribution in [2.75, 3.05) is 6.54 Å². The van der Waals surface area contributed by atoms with Crippen molar-refractivity contribution in [3.05, 3.63) is 66.6 Å². The highest BCUT2D eigenvalue weighted by atomic mass is 35.5. The van der Waals surface area contributed by atoms with Crippen molar-refractivity contribution >= 4 is 18.4 Å². The van der Waals surface area contributed by atoms with Gasteiger partial charge in [-0.1, -0.05) is 60.7 Å². The van der Waals surface area contributed by atoms with Crippen LogP contribution in [0.1, 0.15) is 25.2 Å². The van der Waals surface area contributed by atoms with Gasteiger partial charge in [0.2, 0.25) is 0 Å². The first kappa shape index (κ1) is 20.1. The number of rotatable bonds is 6. The van der Waals surface area contributed by atoms with E-state index in [0.29, 0.717) is 12.3 Å². The number of ether oxygens (including phenoxy) is 1. The van der Waals surface area contributed by atoms with Crippen LogP contribution in [0.2, 0.25) is 0 Å². The number of carbonyl (C=O) groups excluding carboxylic acids is 1. The molecule has 0 saturated carbocycles.